The molecule has 1 aromatic rings. The topological polar surface area (TPSA) is 58.5 Å². The van der Waals surface area contributed by atoms with Crippen molar-refractivity contribution in [1.82, 2.24) is 4.83 Å². The summed E-state index contributed by atoms with van der Waals surface area (Å²) in [6, 6.07) is 6.69. The van der Waals surface area contributed by atoms with Crippen molar-refractivity contribution in [3.8, 4) is 0 Å². The molecular weight excluding hydrogens is 260 g/mol. The molecule has 0 bridgehead atoms. The highest BCUT2D eigenvalue weighted by atomic mass is 32.2. The first-order valence-corrected chi connectivity index (χ1v) is 7.84. The van der Waals surface area contributed by atoms with E-state index < -0.39 is 10.0 Å². The minimum absolute atomic E-state index is 0.231. The molecule has 0 amide bonds. The molecule has 1 aromatic carbocycles. The molecule has 0 saturated heterocycles. The fraction of sp³-hybridized carbons (Fsp3) is 0.357. The van der Waals surface area contributed by atoms with Crippen LogP contribution in [0.1, 0.15) is 24.8 Å². The van der Waals surface area contributed by atoms with Gasteiger partial charge in [-0.25, -0.2) is 4.83 Å². The van der Waals surface area contributed by atoms with Gasteiger partial charge in [0.2, 0.25) is 0 Å². The summed E-state index contributed by atoms with van der Waals surface area (Å²) >= 11 is 0. The van der Waals surface area contributed by atoms with Gasteiger partial charge in [-0.05, 0) is 38.3 Å². The normalized spacial score (nSPS) is 19.7. The molecular formula is C14H18N2O2S. The van der Waals surface area contributed by atoms with Crippen molar-refractivity contribution in [3.63, 3.8) is 0 Å². The third-order valence-corrected chi connectivity index (χ3v) is 4.30. The van der Waals surface area contributed by atoms with Crippen molar-refractivity contribution in [2.45, 2.75) is 31.1 Å². The Bertz CT molecular complexity index is 574. The van der Waals surface area contributed by atoms with Crippen molar-refractivity contribution in [1.29, 1.82) is 0 Å². The van der Waals surface area contributed by atoms with E-state index in [0.29, 0.717) is 0 Å². The van der Waals surface area contributed by atoms with Crippen LogP contribution >= 0.6 is 0 Å². The quantitative estimate of drug-likeness (QED) is 0.523. The Balaban J connectivity index is 2.01. The monoisotopic (exact) mass is 278 g/mol. The molecule has 5 heteroatoms. The van der Waals surface area contributed by atoms with Crippen molar-refractivity contribution < 1.29 is 8.42 Å². The molecule has 1 N–H and O–H groups in total. The molecule has 0 saturated carbocycles. The highest BCUT2D eigenvalue weighted by Gasteiger charge is 2.12. The van der Waals surface area contributed by atoms with Crippen LogP contribution < -0.4 is 4.83 Å². The van der Waals surface area contributed by atoms with Gasteiger partial charge in [-0.3, -0.25) is 0 Å². The van der Waals surface area contributed by atoms with Crippen LogP contribution in [-0.2, 0) is 10.0 Å². The molecule has 1 atom stereocenters. The smallest absolute Gasteiger partial charge is 0.200 e. The van der Waals surface area contributed by atoms with E-state index in [-0.39, 0.29) is 10.8 Å². The van der Waals surface area contributed by atoms with Crippen LogP contribution in [0.5, 0.6) is 0 Å². The first-order valence-electron chi connectivity index (χ1n) is 6.36. The maximum absolute atomic E-state index is 11.9. The number of benzene rings is 1. The molecule has 4 nitrogen and oxygen atoms in total. The molecule has 0 spiro atoms. The molecule has 0 fully saturated rings. The summed E-state index contributed by atoms with van der Waals surface area (Å²) in [5.74, 6) is 0.231. The number of hydrazone groups is 1. The Morgan fingerprint density at radius 1 is 1.32 bits per heavy atom. The van der Waals surface area contributed by atoms with Gasteiger partial charge >= 0.3 is 0 Å². The first kappa shape index (κ1) is 13.8. The lowest BCUT2D eigenvalue weighted by atomic mass is 9.97. The second kappa shape index (κ2) is 6.02. The average molecular weight is 278 g/mol. The fourth-order valence-electron chi connectivity index (χ4n) is 1.93. The third-order valence-electron chi connectivity index (χ3n) is 3.06. The number of hydrogen-bond donors (Lipinski definition) is 1. The molecule has 1 unspecified atom stereocenters. The molecule has 1 aliphatic rings. The Hall–Kier alpha value is -1.62. The number of hydrogen-bond acceptors (Lipinski definition) is 3. The van der Waals surface area contributed by atoms with Crippen LogP contribution in [0.4, 0.5) is 0 Å². The van der Waals surface area contributed by atoms with E-state index in [4.69, 9.17) is 0 Å². The van der Waals surface area contributed by atoms with Gasteiger partial charge in [-0.2, -0.15) is 13.5 Å². The molecule has 0 heterocycles. The maximum atomic E-state index is 11.9. The SMILES string of the molecule is Cc1ccc(S(=O)(=O)NN=CC2C=CCCC2)cc1. The summed E-state index contributed by atoms with van der Waals surface area (Å²) < 4.78 is 23.9. The summed E-state index contributed by atoms with van der Waals surface area (Å²) in [5, 5.41) is 3.85. The number of nitrogens with one attached hydrogen (secondary N) is 1. The lowest BCUT2D eigenvalue weighted by molar-refractivity contribution is 0.584. The van der Waals surface area contributed by atoms with E-state index in [2.05, 4.69) is 22.1 Å². The first-order chi connectivity index (χ1) is 9.08. The third kappa shape index (κ3) is 3.92. The lowest BCUT2D eigenvalue weighted by Crippen LogP contribution is -2.19. The van der Waals surface area contributed by atoms with Crippen LogP contribution in [0, 0.1) is 12.8 Å². The minimum Gasteiger partial charge on any atom is -0.200 e. The molecule has 0 radical (unpaired) electrons. The zero-order valence-corrected chi connectivity index (χ0v) is 11.7. The summed E-state index contributed by atoms with van der Waals surface area (Å²) in [6.45, 7) is 1.91. The van der Waals surface area contributed by atoms with Gasteiger partial charge in [0.05, 0.1) is 4.90 Å². The fourth-order valence-corrected chi connectivity index (χ4v) is 2.73. The average Bonchev–Trinajstić information content (AvgIpc) is 2.40. The second-order valence-corrected chi connectivity index (χ2v) is 6.37. The van der Waals surface area contributed by atoms with E-state index in [1.807, 2.05) is 6.92 Å². The number of rotatable bonds is 4. The maximum Gasteiger partial charge on any atom is 0.276 e. The van der Waals surface area contributed by atoms with Crippen LogP contribution in [-0.4, -0.2) is 14.6 Å². The summed E-state index contributed by atoms with van der Waals surface area (Å²) in [7, 11) is -3.55. The molecule has 102 valence electrons. The van der Waals surface area contributed by atoms with Gasteiger partial charge in [-0.1, -0.05) is 29.8 Å². The van der Waals surface area contributed by atoms with Crippen LogP contribution in [0.3, 0.4) is 0 Å². The van der Waals surface area contributed by atoms with Gasteiger partial charge in [0, 0.05) is 12.1 Å². The Labute approximate surface area is 114 Å². The van der Waals surface area contributed by atoms with Crippen molar-refractivity contribution >= 4 is 16.2 Å². The summed E-state index contributed by atoms with van der Waals surface area (Å²) in [5.41, 5.74) is 1.02. The zero-order chi connectivity index (χ0) is 13.7. The molecule has 1 aliphatic carbocycles. The summed E-state index contributed by atoms with van der Waals surface area (Å²) in [4.78, 5) is 2.48. The van der Waals surface area contributed by atoms with E-state index in [0.717, 1.165) is 24.8 Å². The summed E-state index contributed by atoms with van der Waals surface area (Å²) in [6.07, 6.45) is 9.06. The van der Waals surface area contributed by atoms with E-state index in [9.17, 15) is 8.42 Å². The van der Waals surface area contributed by atoms with E-state index >= 15 is 0 Å². The molecule has 0 aromatic heterocycles. The Morgan fingerprint density at radius 3 is 2.68 bits per heavy atom. The van der Waals surface area contributed by atoms with E-state index in [1.165, 1.54) is 0 Å². The number of allylic oxidation sites excluding steroid dienone is 2. The second-order valence-electron chi connectivity index (χ2n) is 4.71. The van der Waals surface area contributed by atoms with Gasteiger partial charge in [-0.15, -0.1) is 0 Å². The predicted octanol–water partition coefficient (Wildman–Crippen LogP) is 2.62. The number of nitrogens with zero attached hydrogens (tertiary/aromatic N) is 1. The van der Waals surface area contributed by atoms with Crippen LogP contribution in [0.15, 0.2) is 46.4 Å². The van der Waals surface area contributed by atoms with Gasteiger partial charge in [0.15, 0.2) is 0 Å². The van der Waals surface area contributed by atoms with Crippen molar-refractivity contribution in [3.05, 3.63) is 42.0 Å². The van der Waals surface area contributed by atoms with Crippen LogP contribution in [0.2, 0.25) is 0 Å². The molecule has 2 rings (SSSR count). The van der Waals surface area contributed by atoms with Crippen molar-refractivity contribution in [2.75, 3.05) is 0 Å². The van der Waals surface area contributed by atoms with Gasteiger partial charge in [0.1, 0.15) is 0 Å². The van der Waals surface area contributed by atoms with Crippen molar-refractivity contribution in [2.24, 2.45) is 11.0 Å². The molecule has 19 heavy (non-hydrogen) atoms. The van der Waals surface area contributed by atoms with Gasteiger partial charge in [0.25, 0.3) is 10.0 Å². The standard InChI is InChI=1S/C14H18N2O2S/c1-12-7-9-14(10-8-12)19(17,18)16-15-11-13-5-3-2-4-6-13/h3,5,7-11,13,16H,2,4,6H2,1H3. The van der Waals surface area contributed by atoms with Gasteiger partial charge < -0.3 is 0 Å². The molecule has 0 aliphatic heterocycles. The van der Waals surface area contributed by atoms with Crippen LogP contribution in [0.25, 0.3) is 0 Å². The minimum atomic E-state index is -3.55. The highest BCUT2D eigenvalue weighted by Crippen LogP contribution is 2.15. The van der Waals surface area contributed by atoms with E-state index in [1.54, 1.807) is 30.5 Å². The highest BCUT2D eigenvalue weighted by molar-refractivity contribution is 7.89. The lowest BCUT2D eigenvalue weighted by Gasteiger charge is -2.10. The Morgan fingerprint density at radius 2 is 2.05 bits per heavy atom. The number of sulfonamides is 1. The number of aryl methyl sites for hydroxylation is 1. The largest absolute Gasteiger partial charge is 0.276 e. The predicted molar refractivity (Wildman–Crippen MR) is 76.5 cm³/mol. The Kier molecular flexibility index (Phi) is 4.37. The zero-order valence-electron chi connectivity index (χ0n) is 10.9.